The quantitative estimate of drug-likeness (QED) is 0.424. The van der Waals surface area contributed by atoms with Crippen molar-refractivity contribution >= 4 is 11.9 Å². The third kappa shape index (κ3) is 5.16. The molecule has 4 nitrogen and oxygen atoms in total. The van der Waals surface area contributed by atoms with Gasteiger partial charge < -0.3 is 14.9 Å². The Morgan fingerprint density at radius 2 is 1.83 bits per heavy atom. The average molecular weight is 326 g/mol. The highest BCUT2D eigenvalue weighted by Gasteiger charge is 2.08. The van der Waals surface area contributed by atoms with Crippen molar-refractivity contribution in [3.05, 3.63) is 59.7 Å². The number of ether oxygens (including phenoxy) is 1. The fourth-order valence-electron chi connectivity index (χ4n) is 2.21. The zero-order valence-electron chi connectivity index (χ0n) is 13.7. The summed E-state index contributed by atoms with van der Waals surface area (Å²) >= 11 is 0. The van der Waals surface area contributed by atoms with Crippen LogP contribution in [-0.4, -0.2) is 22.6 Å². The van der Waals surface area contributed by atoms with E-state index >= 15 is 0 Å². The number of phenolic OH excluding ortho intramolecular Hbond substituents is 2. The van der Waals surface area contributed by atoms with Crippen LogP contribution in [0.25, 0.3) is 6.08 Å². The summed E-state index contributed by atoms with van der Waals surface area (Å²) in [5.74, 6) is 0.168. The molecule has 0 spiro atoms. The summed E-state index contributed by atoms with van der Waals surface area (Å²) in [6.07, 6.45) is 6.44. The van der Waals surface area contributed by atoms with Crippen molar-refractivity contribution in [1.82, 2.24) is 0 Å². The number of phenols is 2. The summed E-state index contributed by atoms with van der Waals surface area (Å²) in [6.45, 7) is 2.86. The second kappa shape index (κ2) is 8.77. The van der Waals surface area contributed by atoms with Gasteiger partial charge in [0.1, 0.15) is 17.2 Å². The number of ketones is 1. The predicted octanol–water partition coefficient (Wildman–Crippen LogP) is 4.56. The molecule has 126 valence electrons. The highest BCUT2D eigenvalue weighted by atomic mass is 16.5. The van der Waals surface area contributed by atoms with Gasteiger partial charge in [-0.15, -0.1) is 0 Å². The van der Waals surface area contributed by atoms with Crippen LogP contribution in [0.5, 0.6) is 17.2 Å². The van der Waals surface area contributed by atoms with E-state index in [9.17, 15) is 15.0 Å². The van der Waals surface area contributed by atoms with Crippen LogP contribution in [0.3, 0.4) is 0 Å². The van der Waals surface area contributed by atoms with Crippen LogP contribution in [0.1, 0.15) is 42.1 Å². The van der Waals surface area contributed by atoms with E-state index < -0.39 is 0 Å². The van der Waals surface area contributed by atoms with Crippen LogP contribution >= 0.6 is 0 Å². The lowest BCUT2D eigenvalue weighted by molar-refractivity contribution is 0.104. The fraction of sp³-hybridized carbons (Fsp3) is 0.250. The molecule has 2 aromatic rings. The van der Waals surface area contributed by atoms with Crippen LogP contribution in [0.2, 0.25) is 0 Å². The molecule has 0 aliphatic carbocycles. The fourth-order valence-corrected chi connectivity index (χ4v) is 2.21. The molecule has 24 heavy (non-hydrogen) atoms. The molecule has 0 aliphatic rings. The first kappa shape index (κ1) is 17.6. The molecule has 0 atom stereocenters. The molecule has 0 saturated heterocycles. The SMILES string of the molecule is CCCCCOc1ccc(/C=C/C(=O)c2ccc(O)cc2O)cc1. The normalized spacial score (nSPS) is 10.9. The lowest BCUT2D eigenvalue weighted by atomic mass is 10.1. The van der Waals surface area contributed by atoms with Gasteiger partial charge in [-0.1, -0.05) is 38.0 Å². The number of carbonyl (C=O) groups excluding carboxylic acids is 1. The molecule has 2 aromatic carbocycles. The van der Waals surface area contributed by atoms with E-state index in [4.69, 9.17) is 4.74 Å². The van der Waals surface area contributed by atoms with Crippen molar-refractivity contribution in [2.75, 3.05) is 6.61 Å². The third-order valence-electron chi connectivity index (χ3n) is 3.57. The van der Waals surface area contributed by atoms with Crippen LogP contribution in [0.15, 0.2) is 48.5 Å². The van der Waals surface area contributed by atoms with Gasteiger partial charge in [-0.3, -0.25) is 4.79 Å². The average Bonchev–Trinajstić information content (AvgIpc) is 2.57. The molecule has 2 rings (SSSR count). The van der Waals surface area contributed by atoms with E-state index in [0.29, 0.717) is 6.61 Å². The molecule has 0 aromatic heterocycles. The molecule has 0 saturated carbocycles. The molecule has 0 unspecified atom stereocenters. The van der Waals surface area contributed by atoms with E-state index in [1.165, 1.54) is 18.2 Å². The van der Waals surface area contributed by atoms with Gasteiger partial charge in [0, 0.05) is 6.07 Å². The number of hydrogen-bond acceptors (Lipinski definition) is 4. The largest absolute Gasteiger partial charge is 0.508 e. The minimum Gasteiger partial charge on any atom is -0.508 e. The van der Waals surface area contributed by atoms with Gasteiger partial charge in [-0.2, -0.15) is 0 Å². The third-order valence-corrected chi connectivity index (χ3v) is 3.57. The number of carbonyl (C=O) groups is 1. The summed E-state index contributed by atoms with van der Waals surface area (Å²) in [6, 6.07) is 11.4. The zero-order chi connectivity index (χ0) is 17.4. The Bertz CT molecular complexity index is 702. The van der Waals surface area contributed by atoms with Crippen molar-refractivity contribution < 1.29 is 19.7 Å². The summed E-state index contributed by atoms with van der Waals surface area (Å²) in [7, 11) is 0. The van der Waals surface area contributed by atoms with Gasteiger partial charge in [0.05, 0.1) is 12.2 Å². The standard InChI is InChI=1S/C20H22O4/c1-2-3-4-13-24-17-9-5-15(6-10-17)7-12-19(22)18-11-8-16(21)14-20(18)23/h5-12,14,21,23H,2-4,13H2,1H3/b12-7+. The number of unbranched alkanes of at least 4 members (excludes halogenated alkanes) is 2. The molecule has 0 fully saturated rings. The Morgan fingerprint density at radius 1 is 1.08 bits per heavy atom. The number of hydrogen-bond donors (Lipinski definition) is 2. The first-order chi connectivity index (χ1) is 11.6. The summed E-state index contributed by atoms with van der Waals surface area (Å²) in [5.41, 5.74) is 1.02. The molecule has 4 heteroatoms. The Morgan fingerprint density at radius 3 is 2.50 bits per heavy atom. The molecule has 0 amide bonds. The Labute approximate surface area is 142 Å². The maximum atomic E-state index is 12.1. The first-order valence-electron chi connectivity index (χ1n) is 8.07. The van der Waals surface area contributed by atoms with E-state index in [2.05, 4.69) is 6.92 Å². The molecular weight excluding hydrogens is 304 g/mol. The molecule has 0 aliphatic heterocycles. The number of aromatic hydroxyl groups is 2. The van der Waals surface area contributed by atoms with Crippen molar-refractivity contribution in [2.45, 2.75) is 26.2 Å². The predicted molar refractivity (Wildman–Crippen MR) is 94.6 cm³/mol. The maximum absolute atomic E-state index is 12.1. The van der Waals surface area contributed by atoms with Crippen LogP contribution < -0.4 is 4.74 Å². The van der Waals surface area contributed by atoms with Gasteiger partial charge >= 0.3 is 0 Å². The Kier molecular flexibility index (Phi) is 6.43. The highest BCUT2D eigenvalue weighted by molar-refractivity contribution is 6.08. The van der Waals surface area contributed by atoms with Crippen LogP contribution in [0.4, 0.5) is 0 Å². The van der Waals surface area contributed by atoms with Gasteiger partial charge in [-0.25, -0.2) is 0 Å². The summed E-state index contributed by atoms with van der Waals surface area (Å²) in [4.78, 5) is 12.1. The maximum Gasteiger partial charge on any atom is 0.189 e. The van der Waals surface area contributed by atoms with Crippen molar-refractivity contribution in [1.29, 1.82) is 0 Å². The van der Waals surface area contributed by atoms with Crippen molar-refractivity contribution in [3.63, 3.8) is 0 Å². The number of benzene rings is 2. The Hall–Kier alpha value is -2.75. The van der Waals surface area contributed by atoms with Gasteiger partial charge in [0.2, 0.25) is 0 Å². The molecule has 0 bridgehead atoms. The van der Waals surface area contributed by atoms with Crippen LogP contribution in [0, 0.1) is 0 Å². The topological polar surface area (TPSA) is 66.8 Å². The van der Waals surface area contributed by atoms with Crippen molar-refractivity contribution in [2.24, 2.45) is 0 Å². The smallest absolute Gasteiger partial charge is 0.189 e. The van der Waals surface area contributed by atoms with E-state index in [-0.39, 0.29) is 22.8 Å². The second-order valence-corrected chi connectivity index (χ2v) is 5.52. The Balaban J connectivity index is 1.95. The lowest BCUT2D eigenvalue weighted by Crippen LogP contribution is -1.96. The molecule has 2 N–H and O–H groups in total. The van der Waals surface area contributed by atoms with Gasteiger partial charge in [0.25, 0.3) is 0 Å². The van der Waals surface area contributed by atoms with Gasteiger partial charge in [-0.05, 0) is 42.3 Å². The van der Waals surface area contributed by atoms with Gasteiger partial charge in [0.15, 0.2) is 5.78 Å². The lowest BCUT2D eigenvalue weighted by Gasteiger charge is -2.05. The molecule has 0 heterocycles. The molecular formula is C20H22O4. The van der Waals surface area contributed by atoms with E-state index in [0.717, 1.165) is 36.6 Å². The number of rotatable bonds is 8. The summed E-state index contributed by atoms with van der Waals surface area (Å²) in [5, 5.41) is 18.9. The second-order valence-electron chi connectivity index (χ2n) is 5.52. The van der Waals surface area contributed by atoms with E-state index in [1.807, 2.05) is 24.3 Å². The highest BCUT2D eigenvalue weighted by Crippen LogP contribution is 2.23. The zero-order valence-corrected chi connectivity index (χ0v) is 13.7. The minimum absolute atomic E-state index is 0.0810. The summed E-state index contributed by atoms with van der Waals surface area (Å²) < 4.78 is 5.64. The first-order valence-corrected chi connectivity index (χ1v) is 8.07. The van der Waals surface area contributed by atoms with E-state index in [1.54, 1.807) is 6.08 Å². The monoisotopic (exact) mass is 326 g/mol. The molecule has 0 radical (unpaired) electrons. The van der Waals surface area contributed by atoms with Crippen LogP contribution in [-0.2, 0) is 0 Å². The number of allylic oxidation sites excluding steroid dienone is 1. The van der Waals surface area contributed by atoms with Crippen molar-refractivity contribution in [3.8, 4) is 17.2 Å². The minimum atomic E-state index is -0.326.